The van der Waals surface area contributed by atoms with Crippen LogP contribution in [-0.4, -0.2) is 30.8 Å². The highest BCUT2D eigenvalue weighted by molar-refractivity contribution is 6.30. The van der Waals surface area contributed by atoms with Crippen molar-refractivity contribution in [1.29, 1.82) is 0 Å². The van der Waals surface area contributed by atoms with Crippen molar-refractivity contribution in [3.05, 3.63) is 76.3 Å². The topological polar surface area (TPSA) is 49.4 Å². The van der Waals surface area contributed by atoms with Crippen LogP contribution in [0.2, 0.25) is 5.02 Å². The van der Waals surface area contributed by atoms with E-state index in [1.54, 1.807) is 56.6 Å². The van der Waals surface area contributed by atoms with Crippen molar-refractivity contribution in [1.82, 2.24) is 10.2 Å². The lowest BCUT2D eigenvalue weighted by Crippen LogP contribution is -2.21. The van der Waals surface area contributed by atoms with E-state index < -0.39 is 0 Å². The van der Waals surface area contributed by atoms with Crippen LogP contribution in [0.25, 0.3) is 6.08 Å². The zero-order valence-electron chi connectivity index (χ0n) is 13.6. The molecule has 0 radical (unpaired) electrons. The maximum Gasteiger partial charge on any atom is 0.253 e. The number of carbonyl (C=O) groups excluding carboxylic acids is 2. The highest BCUT2D eigenvalue weighted by Crippen LogP contribution is 2.10. The van der Waals surface area contributed by atoms with Gasteiger partial charge in [-0.1, -0.05) is 35.9 Å². The molecular formula is C19H19ClN2O2. The zero-order valence-corrected chi connectivity index (χ0v) is 14.4. The molecule has 0 spiro atoms. The molecule has 0 heterocycles. The van der Waals surface area contributed by atoms with Crippen LogP contribution in [0.4, 0.5) is 0 Å². The summed E-state index contributed by atoms with van der Waals surface area (Å²) in [5.74, 6) is -0.232. The normalized spacial score (nSPS) is 10.6. The van der Waals surface area contributed by atoms with Crippen LogP contribution in [0.1, 0.15) is 21.5 Å². The monoisotopic (exact) mass is 342 g/mol. The first-order chi connectivity index (χ1) is 11.5. The van der Waals surface area contributed by atoms with Crippen molar-refractivity contribution in [2.45, 2.75) is 6.54 Å². The molecule has 0 aliphatic rings. The number of amides is 2. The number of hydrogen-bond acceptors (Lipinski definition) is 2. The lowest BCUT2D eigenvalue weighted by atomic mass is 10.1. The number of carbonyl (C=O) groups is 2. The van der Waals surface area contributed by atoms with Crippen LogP contribution < -0.4 is 5.32 Å². The standard InChI is InChI=1S/C19H19ClN2O2/c1-22(2)19(24)16-8-3-14(4-9-16)7-12-18(23)21-13-15-5-10-17(20)11-6-15/h3-12H,13H2,1-2H3,(H,21,23)/b12-7+. The van der Waals surface area contributed by atoms with Crippen LogP contribution >= 0.6 is 11.6 Å². The van der Waals surface area contributed by atoms with Crippen LogP contribution in [0.3, 0.4) is 0 Å². The third kappa shape index (κ3) is 5.25. The highest BCUT2D eigenvalue weighted by atomic mass is 35.5. The molecule has 0 bridgehead atoms. The fraction of sp³-hybridized carbons (Fsp3) is 0.158. The molecule has 24 heavy (non-hydrogen) atoms. The van der Waals surface area contributed by atoms with E-state index in [4.69, 9.17) is 11.6 Å². The Morgan fingerprint density at radius 3 is 2.25 bits per heavy atom. The molecule has 0 aliphatic carbocycles. The summed E-state index contributed by atoms with van der Waals surface area (Å²) >= 11 is 5.82. The quantitative estimate of drug-likeness (QED) is 0.847. The molecular weight excluding hydrogens is 324 g/mol. The molecule has 2 rings (SSSR count). The summed E-state index contributed by atoms with van der Waals surface area (Å²) in [6.07, 6.45) is 3.18. The molecule has 2 amide bonds. The Kier molecular flexibility index (Phi) is 6.15. The van der Waals surface area contributed by atoms with Gasteiger partial charge in [0, 0.05) is 37.3 Å². The fourth-order valence-corrected chi connectivity index (χ4v) is 2.14. The van der Waals surface area contributed by atoms with Gasteiger partial charge in [-0.05, 0) is 41.5 Å². The molecule has 0 saturated carbocycles. The predicted octanol–water partition coefficient (Wildman–Crippen LogP) is 3.37. The van der Waals surface area contributed by atoms with Gasteiger partial charge in [0.15, 0.2) is 0 Å². The first kappa shape index (κ1) is 17.8. The van der Waals surface area contributed by atoms with Crippen molar-refractivity contribution in [3.8, 4) is 0 Å². The molecule has 0 aromatic heterocycles. The molecule has 5 heteroatoms. The van der Waals surface area contributed by atoms with Crippen molar-refractivity contribution in [2.75, 3.05) is 14.1 Å². The smallest absolute Gasteiger partial charge is 0.253 e. The Morgan fingerprint density at radius 2 is 1.67 bits per heavy atom. The van der Waals surface area contributed by atoms with E-state index in [0.717, 1.165) is 11.1 Å². The van der Waals surface area contributed by atoms with Gasteiger partial charge in [0.1, 0.15) is 0 Å². The molecule has 1 N–H and O–H groups in total. The van der Waals surface area contributed by atoms with E-state index in [2.05, 4.69) is 5.32 Å². The second kappa shape index (κ2) is 8.31. The molecule has 0 unspecified atom stereocenters. The van der Waals surface area contributed by atoms with Crippen molar-refractivity contribution in [2.24, 2.45) is 0 Å². The van der Waals surface area contributed by atoms with Gasteiger partial charge in [-0.3, -0.25) is 9.59 Å². The second-order valence-electron chi connectivity index (χ2n) is 5.50. The lowest BCUT2D eigenvalue weighted by Gasteiger charge is -2.09. The van der Waals surface area contributed by atoms with E-state index in [-0.39, 0.29) is 11.8 Å². The number of rotatable bonds is 5. The maximum absolute atomic E-state index is 11.8. The van der Waals surface area contributed by atoms with E-state index in [1.165, 1.54) is 11.0 Å². The Labute approximate surface area is 146 Å². The molecule has 0 saturated heterocycles. The first-order valence-corrected chi connectivity index (χ1v) is 7.85. The molecule has 0 aliphatic heterocycles. The van der Waals surface area contributed by atoms with Crippen molar-refractivity contribution in [3.63, 3.8) is 0 Å². The first-order valence-electron chi connectivity index (χ1n) is 7.48. The minimum atomic E-state index is -0.182. The van der Waals surface area contributed by atoms with Gasteiger partial charge in [-0.2, -0.15) is 0 Å². The molecule has 4 nitrogen and oxygen atoms in total. The summed E-state index contributed by atoms with van der Waals surface area (Å²) in [5, 5.41) is 3.47. The van der Waals surface area contributed by atoms with Gasteiger partial charge in [-0.15, -0.1) is 0 Å². The van der Waals surface area contributed by atoms with Crippen LogP contribution in [0, 0.1) is 0 Å². The van der Waals surface area contributed by atoms with E-state index >= 15 is 0 Å². The number of nitrogens with one attached hydrogen (secondary N) is 1. The minimum absolute atomic E-state index is 0.0498. The number of halogens is 1. The fourth-order valence-electron chi connectivity index (χ4n) is 2.02. The van der Waals surface area contributed by atoms with E-state index in [0.29, 0.717) is 17.1 Å². The lowest BCUT2D eigenvalue weighted by molar-refractivity contribution is -0.116. The van der Waals surface area contributed by atoms with Gasteiger partial charge in [-0.25, -0.2) is 0 Å². The number of nitrogens with zero attached hydrogens (tertiary/aromatic N) is 1. The molecule has 124 valence electrons. The zero-order chi connectivity index (χ0) is 17.5. The third-order valence-electron chi connectivity index (χ3n) is 3.37. The molecule has 0 fully saturated rings. The van der Waals surface area contributed by atoms with Crippen LogP contribution in [0.5, 0.6) is 0 Å². The third-order valence-corrected chi connectivity index (χ3v) is 3.62. The van der Waals surface area contributed by atoms with Crippen molar-refractivity contribution < 1.29 is 9.59 Å². The average Bonchev–Trinajstić information content (AvgIpc) is 2.59. The highest BCUT2D eigenvalue weighted by Gasteiger charge is 2.06. The van der Waals surface area contributed by atoms with Gasteiger partial charge < -0.3 is 10.2 Å². The Hall–Kier alpha value is -2.59. The van der Waals surface area contributed by atoms with Crippen molar-refractivity contribution >= 4 is 29.5 Å². The Morgan fingerprint density at radius 1 is 1.04 bits per heavy atom. The summed E-state index contributed by atoms with van der Waals surface area (Å²) in [5.41, 5.74) is 2.45. The Balaban J connectivity index is 1.89. The number of hydrogen-bond donors (Lipinski definition) is 1. The molecule has 2 aromatic rings. The SMILES string of the molecule is CN(C)C(=O)c1ccc(/C=C/C(=O)NCc2ccc(Cl)cc2)cc1. The average molecular weight is 343 g/mol. The van der Waals surface area contributed by atoms with E-state index in [1.807, 2.05) is 12.1 Å². The molecule has 0 atom stereocenters. The van der Waals surface area contributed by atoms with Crippen LogP contribution in [0.15, 0.2) is 54.6 Å². The van der Waals surface area contributed by atoms with E-state index in [9.17, 15) is 9.59 Å². The van der Waals surface area contributed by atoms with Gasteiger partial charge in [0.25, 0.3) is 5.91 Å². The summed E-state index contributed by atoms with van der Waals surface area (Å²) in [7, 11) is 3.42. The largest absolute Gasteiger partial charge is 0.348 e. The summed E-state index contributed by atoms with van der Waals surface area (Å²) in [4.78, 5) is 25.2. The summed E-state index contributed by atoms with van der Waals surface area (Å²) in [6.45, 7) is 0.441. The second-order valence-corrected chi connectivity index (χ2v) is 5.94. The summed E-state index contributed by atoms with van der Waals surface area (Å²) in [6, 6.07) is 14.4. The summed E-state index contributed by atoms with van der Waals surface area (Å²) < 4.78 is 0. The predicted molar refractivity (Wildman–Crippen MR) is 96.8 cm³/mol. The van der Waals surface area contributed by atoms with Gasteiger partial charge in [0.05, 0.1) is 0 Å². The minimum Gasteiger partial charge on any atom is -0.348 e. The van der Waals surface area contributed by atoms with Crippen LogP contribution in [-0.2, 0) is 11.3 Å². The molecule has 2 aromatic carbocycles. The Bertz CT molecular complexity index is 735. The van der Waals surface area contributed by atoms with Gasteiger partial charge in [0.2, 0.25) is 5.91 Å². The maximum atomic E-state index is 11.8. The number of benzene rings is 2. The van der Waals surface area contributed by atoms with Gasteiger partial charge >= 0.3 is 0 Å².